The summed E-state index contributed by atoms with van der Waals surface area (Å²) in [6.45, 7) is 25.4. The summed E-state index contributed by atoms with van der Waals surface area (Å²) < 4.78 is 122. The van der Waals surface area contributed by atoms with E-state index in [0.29, 0.717) is 105 Å². The first-order valence-electron chi connectivity index (χ1n) is 52.9. The van der Waals surface area contributed by atoms with Gasteiger partial charge in [0.15, 0.2) is 0 Å². The van der Waals surface area contributed by atoms with Crippen LogP contribution in [0.5, 0.6) is 0 Å². The third kappa shape index (κ3) is 26.9. The lowest BCUT2D eigenvalue weighted by molar-refractivity contribution is -0.169. The van der Waals surface area contributed by atoms with Crippen LogP contribution in [0.1, 0.15) is 289 Å². The van der Waals surface area contributed by atoms with Gasteiger partial charge in [-0.2, -0.15) is 0 Å². The molecule has 11 saturated carbocycles. The van der Waals surface area contributed by atoms with Gasteiger partial charge in [0.1, 0.15) is 32.5 Å². The SMILES string of the molecule is CC(C)(COC(=O)C1(C)CCC2OC2C1)COC(=O)C1(C)CCC2OC2C1.CC(C)(COC(=O)C1CCC2OC2C1)COC(=O)C1CCC2OC2C1.CC(COC(=O)C1CCC2OC2C1)OC(=O)C1CCC2OC2C1.CC1CC2OC2CC1C(=O)OCC(C)(C)COC(=O)C1CC2OC2CC1C.CCC(COC(=O)C1CCC2OC2C1)(COC(=O)C1CCC2OC2C1)COC(=O)C1CCC2OC2C1. The van der Waals surface area contributed by atoms with Gasteiger partial charge < -0.3 is 104 Å². The van der Waals surface area contributed by atoms with E-state index in [-0.39, 0.29) is 258 Å². The molecule has 22 rings (SSSR count). The van der Waals surface area contributed by atoms with Crippen LogP contribution in [0.25, 0.3) is 0 Å². The first-order chi connectivity index (χ1) is 65.8. The molecular weight excluding hydrogens is 1790 g/mol. The zero-order chi connectivity index (χ0) is 97.2. The van der Waals surface area contributed by atoms with Gasteiger partial charge in [-0.3, -0.25) is 52.7 Å². The maximum absolute atomic E-state index is 12.9. The number of fused-ring (bicyclic) bond motifs is 11. The van der Waals surface area contributed by atoms with E-state index in [1.54, 1.807) is 6.92 Å². The van der Waals surface area contributed by atoms with Gasteiger partial charge in [-0.1, -0.05) is 62.3 Å². The molecule has 11 aliphatic carbocycles. The number of rotatable bonds is 33. The monoisotopic (exact) mass is 1940 g/mol. The number of epoxide rings is 11. The number of carbonyl (C=O) groups excluding carboxylic acids is 11. The van der Waals surface area contributed by atoms with Gasteiger partial charge in [0, 0.05) is 16.2 Å². The Morgan fingerprint density at radius 2 is 0.493 bits per heavy atom. The highest BCUT2D eigenvalue weighted by molar-refractivity contribution is 5.79. The molecule has 22 aliphatic rings. The van der Waals surface area contributed by atoms with Crippen LogP contribution >= 0.6 is 0 Å². The Balaban J connectivity index is 0.000000116. The zero-order valence-corrected chi connectivity index (χ0v) is 83.3. The fraction of sp³-hybridized carbons (Fsp3) is 0.895. The molecule has 0 N–H and O–H groups in total. The third-order valence-corrected chi connectivity index (χ3v) is 34.2. The summed E-state index contributed by atoms with van der Waals surface area (Å²) in [6, 6.07) is 0. The number of hydrogen-bond donors (Lipinski definition) is 0. The summed E-state index contributed by atoms with van der Waals surface area (Å²) >= 11 is 0. The first-order valence-corrected chi connectivity index (χ1v) is 52.9. The maximum Gasteiger partial charge on any atom is 0.311 e. The first kappa shape index (κ1) is 102. The normalized spacial score (nSPS) is 41.5. The number of ether oxygens (including phenoxy) is 22. The van der Waals surface area contributed by atoms with Crippen molar-refractivity contribution in [1.29, 1.82) is 0 Å². The molecule has 11 saturated heterocycles. The Hall–Kier alpha value is -6.27. The summed E-state index contributed by atoms with van der Waals surface area (Å²) in [4.78, 5) is 137. The summed E-state index contributed by atoms with van der Waals surface area (Å²) in [7, 11) is 0. The molecule has 772 valence electrons. The minimum Gasteiger partial charge on any atom is -0.465 e. The van der Waals surface area contributed by atoms with Gasteiger partial charge in [-0.25, -0.2) is 0 Å². The fourth-order valence-corrected chi connectivity index (χ4v) is 23.4. The van der Waals surface area contributed by atoms with Crippen molar-refractivity contribution in [2.75, 3.05) is 66.1 Å². The van der Waals surface area contributed by atoms with Crippen LogP contribution in [0.2, 0.25) is 0 Å². The fourth-order valence-electron chi connectivity index (χ4n) is 23.4. The van der Waals surface area contributed by atoms with Gasteiger partial charge in [0.05, 0.1) is 243 Å². The van der Waals surface area contributed by atoms with E-state index in [1.807, 2.05) is 62.3 Å². The van der Waals surface area contributed by atoms with Crippen LogP contribution in [0.3, 0.4) is 0 Å². The maximum atomic E-state index is 12.9. The van der Waals surface area contributed by atoms with E-state index >= 15 is 0 Å². The Labute approximate surface area is 811 Å². The van der Waals surface area contributed by atoms with E-state index in [1.165, 1.54) is 0 Å². The molecule has 33 nitrogen and oxygen atoms in total. The van der Waals surface area contributed by atoms with Crippen molar-refractivity contribution >= 4 is 65.7 Å². The second-order valence-corrected chi connectivity index (χ2v) is 48.3. The molecule has 22 fully saturated rings. The van der Waals surface area contributed by atoms with Gasteiger partial charge in [0.2, 0.25) is 0 Å². The third-order valence-electron chi connectivity index (χ3n) is 34.2. The van der Waals surface area contributed by atoms with Crippen molar-refractivity contribution in [3.8, 4) is 0 Å². The van der Waals surface area contributed by atoms with Crippen LogP contribution in [0.4, 0.5) is 0 Å². The van der Waals surface area contributed by atoms with Crippen LogP contribution in [-0.4, -0.2) is 272 Å². The highest BCUT2D eigenvalue weighted by Crippen LogP contribution is 2.53. The predicted octanol–water partition coefficient (Wildman–Crippen LogP) is 12.3. The molecule has 0 bridgehead atoms. The Morgan fingerprint density at radius 1 is 0.268 bits per heavy atom. The Kier molecular flexibility index (Phi) is 31.0. The largest absolute Gasteiger partial charge is 0.465 e. The van der Waals surface area contributed by atoms with Gasteiger partial charge >= 0.3 is 65.7 Å². The van der Waals surface area contributed by atoms with Crippen molar-refractivity contribution in [2.24, 2.45) is 97.6 Å². The standard InChI is InChI=1S/C27H38O9.2C21H32O6.C19H28O6.C17H24O6/c1-2-27(12-31-24(28)15-3-6-18-21(9-15)34-18,13-32-25(29)16-4-7-19-22(10-16)35-19)14-33-26(30)17-5-8-20-23(11-17)36-20;1-11-5-15-17(26-15)7-13(11)19(22)24-9-21(3,4)10-25-20(23)14-8-18-16(27-18)6-12(14)2;1-19(2,11-24-17(22)20(3)7-5-13-15(9-20)26-13)12-25-18(23)21(4)8-6-14-16(10-21)27-14;1-19(2,9-22-17(20)11-3-5-13-15(7-11)24-13)10-23-18(21)12-4-6-14-16(8-12)25-14;1-9(21-17(19)11-3-5-13-15(7-11)23-13)8-20-16(18)10-2-4-12-14(6-10)22-12/h15-23H,2-14H2,1H3;11-18H,5-10H2,1-4H3;13-16H,5-12H2,1-4H3;11-16H,3-10H2,1-2H3;9-15H,2-8H2,1H3. The molecule has 0 spiro atoms. The molecule has 11 aliphatic heterocycles. The molecule has 0 aromatic carbocycles. The number of esters is 11. The van der Waals surface area contributed by atoms with E-state index in [0.717, 1.165) is 180 Å². The van der Waals surface area contributed by atoms with E-state index in [2.05, 4.69) is 13.8 Å². The zero-order valence-electron chi connectivity index (χ0n) is 83.3. The number of carbonyl (C=O) groups is 11. The minimum absolute atomic E-state index is 0.0455. The van der Waals surface area contributed by atoms with Crippen LogP contribution in [-0.2, 0) is 157 Å². The van der Waals surface area contributed by atoms with Gasteiger partial charge in [0.25, 0.3) is 0 Å². The quantitative estimate of drug-likeness (QED) is 0.0334. The Bertz CT molecular complexity index is 4120. The average molecular weight is 1940 g/mol. The number of hydrogen-bond acceptors (Lipinski definition) is 33. The molecule has 33 heteroatoms. The van der Waals surface area contributed by atoms with E-state index in [4.69, 9.17) is 104 Å². The highest BCUT2D eigenvalue weighted by Gasteiger charge is 2.59. The van der Waals surface area contributed by atoms with Crippen molar-refractivity contribution in [1.82, 2.24) is 0 Å². The molecule has 11 heterocycles. The molecule has 36 atom stereocenters. The van der Waals surface area contributed by atoms with Crippen molar-refractivity contribution in [3.63, 3.8) is 0 Å². The molecule has 0 aromatic rings. The highest BCUT2D eigenvalue weighted by atomic mass is 16.6. The van der Waals surface area contributed by atoms with Crippen LogP contribution < -0.4 is 0 Å². The molecular formula is C105H154O33. The van der Waals surface area contributed by atoms with Crippen LogP contribution in [0.15, 0.2) is 0 Å². The summed E-state index contributed by atoms with van der Waals surface area (Å²) in [5.74, 6) is -2.30. The molecule has 0 radical (unpaired) electrons. The van der Waals surface area contributed by atoms with E-state index in [9.17, 15) is 52.7 Å². The van der Waals surface area contributed by atoms with Crippen molar-refractivity contribution in [3.05, 3.63) is 0 Å². The van der Waals surface area contributed by atoms with E-state index < -0.39 is 33.2 Å². The summed E-state index contributed by atoms with van der Waals surface area (Å²) in [6.07, 6.45) is 32.3. The van der Waals surface area contributed by atoms with Crippen molar-refractivity contribution < 1.29 is 157 Å². The predicted molar refractivity (Wildman–Crippen MR) is 484 cm³/mol. The molecule has 36 unspecified atom stereocenters. The summed E-state index contributed by atoms with van der Waals surface area (Å²) in [5.41, 5.74) is -2.90. The lowest BCUT2D eigenvalue weighted by Gasteiger charge is -2.33. The molecule has 0 amide bonds. The van der Waals surface area contributed by atoms with Crippen molar-refractivity contribution in [2.45, 2.75) is 429 Å². The van der Waals surface area contributed by atoms with Gasteiger partial charge in [-0.05, 0) is 238 Å². The smallest absolute Gasteiger partial charge is 0.311 e. The lowest BCUT2D eigenvalue weighted by Crippen LogP contribution is -2.41. The van der Waals surface area contributed by atoms with Gasteiger partial charge in [-0.15, -0.1) is 0 Å². The van der Waals surface area contributed by atoms with Crippen LogP contribution in [0, 0.1) is 97.6 Å². The average Bonchev–Trinajstić information content (AvgIpc) is 1.63. The second-order valence-electron chi connectivity index (χ2n) is 48.3. The lowest BCUT2D eigenvalue weighted by atomic mass is 9.75. The summed E-state index contributed by atoms with van der Waals surface area (Å²) in [5, 5.41) is 0. The minimum atomic E-state index is -0.783. The Morgan fingerprint density at radius 3 is 0.768 bits per heavy atom. The molecule has 0 aromatic heterocycles. The molecule has 138 heavy (non-hydrogen) atoms. The topological polar surface area (TPSA) is 427 Å². The second kappa shape index (κ2) is 42.1.